The normalized spacial score (nSPS) is 13.1. The number of nitrogens with zero attached hydrogens (tertiary/aromatic N) is 2. The monoisotopic (exact) mass is 354 g/mol. The Morgan fingerprint density at radius 2 is 1.87 bits per heavy atom. The molecule has 5 nitrogen and oxygen atoms in total. The Bertz CT molecular complexity index is 654. The molecule has 0 saturated heterocycles. The van der Waals surface area contributed by atoms with Gasteiger partial charge in [-0.05, 0) is 31.9 Å². The summed E-state index contributed by atoms with van der Waals surface area (Å²) in [6.07, 6.45) is 0.860. The van der Waals surface area contributed by atoms with Crippen LogP contribution in [-0.4, -0.2) is 22.1 Å². The summed E-state index contributed by atoms with van der Waals surface area (Å²) in [5, 5.41) is 12.2. The van der Waals surface area contributed by atoms with Crippen LogP contribution in [0, 0.1) is 19.8 Å². The van der Waals surface area contributed by atoms with Crippen LogP contribution in [0.1, 0.15) is 31.4 Å². The molecular weight excluding hydrogens is 332 g/mol. The second-order valence-electron chi connectivity index (χ2n) is 5.69. The maximum atomic E-state index is 12.1. The number of benzene rings is 1. The summed E-state index contributed by atoms with van der Waals surface area (Å²) in [6, 6.07) is 5.70. The number of aryl methyl sites for hydroxylation is 2. The fourth-order valence-electron chi connectivity index (χ4n) is 2.19. The molecule has 2 unspecified atom stereocenters. The fourth-order valence-corrected chi connectivity index (χ4v) is 2.92. The minimum absolute atomic E-state index is 0. The molecule has 1 amide bonds. The van der Waals surface area contributed by atoms with E-state index in [-0.39, 0.29) is 24.2 Å². The number of carbonyl (C=O) groups excluding carboxylic acids is 1. The predicted molar refractivity (Wildman–Crippen MR) is 98.1 cm³/mol. The van der Waals surface area contributed by atoms with Gasteiger partial charge in [0, 0.05) is 5.56 Å². The number of nitrogens with one attached hydrogen (secondary N) is 1. The first-order valence-corrected chi connectivity index (χ1v) is 8.21. The second kappa shape index (κ2) is 8.38. The molecule has 2 aromatic rings. The van der Waals surface area contributed by atoms with E-state index in [4.69, 9.17) is 5.73 Å². The largest absolute Gasteiger partial charge is 0.320 e. The third-order valence-corrected chi connectivity index (χ3v) is 4.57. The summed E-state index contributed by atoms with van der Waals surface area (Å²) in [5.41, 5.74) is 9.29. The number of nitrogens with two attached hydrogens (primary N) is 1. The van der Waals surface area contributed by atoms with Crippen LogP contribution >= 0.6 is 23.7 Å². The van der Waals surface area contributed by atoms with Crippen molar-refractivity contribution >= 4 is 34.8 Å². The smallest absolute Gasteiger partial charge is 0.243 e. The average molecular weight is 355 g/mol. The quantitative estimate of drug-likeness (QED) is 0.860. The molecule has 0 aliphatic heterocycles. The van der Waals surface area contributed by atoms with Gasteiger partial charge in [-0.3, -0.25) is 10.1 Å². The van der Waals surface area contributed by atoms with Crippen LogP contribution in [0.5, 0.6) is 0 Å². The summed E-state index contributed by atoms with van der Waals surface area (Å²) in [5.74, 6) is -0.0794. The topological polar surface area (TPSA) is 80.9 Å². The van der Waals surface area contributed by atoms with Crippen LogP contribution in [0.15, 0.2) is 18.2 Å². The fraction of sp³-hybridized carbons (Fsp3) is 0.438. The molecule has 0 fully saturated rings. The SMILES string of the molecule is CCC(C)C(N)C(=O)Nc1nnc(-c2cc(C)cc(C)c2)s1.Cl. The van der Waals surface area contributed by atoms with Gasteiger partial charge in [0.25, 0.3) is 0 Å². The highest BCUT2D eigenvalue weighted by Crippen LogP contribution is 2.28. The van der Waals surface area contributed by atoms with E-state index in [9.17, 15) is 4.79 Å². The molecular formula is C16H23ClN4OS. The van der Waals surface area contributed by atoms with Crippen LogP contribution in [0.4, 0.5) is 5.13 Å². The van der Waals surface area contributed by atoms with Crippen LogP contribution in [0.2, 0.25) is 0 Å². The van der Waals surface area contributed by atoms with Crippen LogP contribution in [-0.2, 0) is 4.79 Å². The maximum Gasteiger partial charge on any atom is 0.243 e. The lowest BCUT2D eigenvalue weighted by Gasteiger charge is -2.16. The summed E-state index contributed by atoms with van der Waals surface area (Å²) in [7, 11) is 0. The molecule has 0 saturated carbocycles. The molecule has 0 radical (unpaired) electrons. The number of aromatic nitrogens is 2. The Hall–Kier alpha value is -1.50. The van der Waals surface area contributed by atoms with Gasteiger partial charge in [0.05, 0.1) is 6.04 Å². The van der Waals surface area contributed by atoms with Crippen LogP contribution < -0.4 is 11.1 Å². The number of carbonyl (C=O) groups is 1. The van der Waals surface area contributed by atoms with Gasteiger partial charge in [0.15, 0.2) is 0 Å². The van der Waals surface area contributed by atoms with Gasteiger partial charge in [0.2, 0.25) is 11.0 Å². The number of hydrogen-bond donors (Lipinski definition) is 2. The molecule has 126 valence electrons. The predicted octanol–water partition coefficient (Wildman–Crippen LogP) is 3.56. The molecule has 0 aliphatic rings. The van der Waals surface area contributed by atoms with Crippen molar-refractivity contribution in [2.24, 2.45) is 11.7 Å². The van der Waals surface area contributed by atoms with Gasteiger partial charge in [-0.1, -0.05) is 48.8 Å². The lowest BCUT2D eigenvalue weighted by molar-refractivity contribution is -0.118. The number of rotatable bonds is 5. The van der Waals surface area contributed by atoms with Gasteiger partial charge in [0.1, 0.15) is 5.01 Å². The van der Waals surface area contributed by atoms with E-state index in [1.54, 1.807) is 0 Å². The van der Waals surface area contributed by atoms with Crippen molar-refractivity contribution in [3.8, 4) is 10.6 Å². The van der Waals surface area contributed by atoms with Crippen molar-refractivity contribution < 1.29 is 4.79 Å². The Labute approximate surface area is 147 Å². The lowest BCUT2D eigenvalue weighted by Crippen LogP contribution is -2.40. The zero-order chi connectivity index (χ0) is 16.3. The number of amides is 1. The van der Waals surface area contributed by atoms with Crippen LogP contribution in [0.3, 0.4) is 0 Å². The standard InChI is InChI=1S/C16H22N4OS.ClH/c1-5-11(4)13(17)14(21)18-16-20-19-15(22-16)12-7-9(2)6-10(3)8-12;/h6-8,11,13H,5,17H2,1-4H3,(H,18,20,21);1H. The molecule has 1 aromatic heterocycles. The first-order valence-electron chi connectivity index (χ1n) is 7.39. The molecule has 2 atom stereocenters. The molecule has 0 spiro atoms. The third-order valence-electron chi connectivity index (χ3n) is 3.68. The number of hydrogen-bond acceptors (Lipinski definition) is 5. The summed E-state index contributed by atoms with van der Waals surface area (Å²) >= 11 is 1.36. The molecule has 2 rings (SSSR count). The number of halogens is 1. The summed E-state index contributed by atoms with van der Waals surface area (Å²) in [6.45, 7) is 8.07. The summed E-state index contributed by atoms with van der Waals surface area (Å²) < 4.78 is 0. The van der Waals surface area contributed by atoms with Gasteiger partial charge in [-0.15, -0.1) is 22.6 Å². The van der Waals surface area contributed by atoms with E-state index in [0.29, 0.717) is 5.13 Å². The molecule has 23 heavy (non-hydrogen) atoms. The van der Waals surface area contributed by atoms with Crippen molar-refractivity contribution in [3.63, 3.8) is 0 Å². The molecule has 1 heterocycles. The Balaban J connectivity index is 0.00000264. The summed E-state index contributed by atoms with van der Waals surface area (Å²) in [4.78, 5) is 12.1. The van der Waals surface area contributed by atoms with Crippen molar-refractivity contribution in [2.45, 2.75) is 40.2 Å². The van der Waals surface area contributed by atoms with Crippen molar-refractivity contribution in [1.82, 2.24) is 10.2 Å². The highest BCUT2D eigenvalue weighted by atomic mass is 35.5. The van der Waals surface area contributed by atoms with Crippen LogP contribution in [0.25, 0.3) is 10.6 Å². The maximum absolute atomic E-state index is 12.1. The molecule has 7 heteroatoms. The second-order valence-corrected chi connectivity index (χ2v) is 6.67. The van der Waals surface area contributed by atoms with E-state index in [0.717, 1.165) is 17.0 Å². The molecule has 1 aromatic carbocycles. The first kappa shape index (κ1) is 19.5. The molecule has 0 aliphatic carbocycles. The molecule has 3 N–H and O–H groups in total. The lowest BCUT2D eigenvalue weighted by atomic mass is 10.00. The molecule has 0 bridgehead atoms. The van der Waals surface area contributed by atoms with Gasteiger partial charge in [-0.25, -0.2) is 0 Å². The Morgan fingerprint density at radius 3 is 2.43 bits per heavy atom. The van der Waals surface area contributed by atoms with E-state index in [1.807, 2.05) is 27.7 Å². The zero-order valence-corrected chi connectivity index (χ0v) is 15.4. The Morgan fingerprint density at radius 1 is 1.26 bits per heavy atom. The van der Waals surface area contributed by atoms with Gasteiger partial charge in [-0.2, -0.15) is 0 Å². The minimum Gasteiger partial charge on any atom is -0.320 e. The average Bonchev–Trinajstić information content (AvgIpc) is 2.93. The third kappa shape index (κ3) is 4.99. The van der Waals surface area contributed by atoms with Gasteiger partial charge >= 0.3 is 0 Å². The Kier molecular flexibility index (Phi) is 7.12. The first-order chi connectivity index (χ1) is 10.4. The zero-order valence-electron chi connectivity index (χ0n) is 13.8. The van der Waals surface area contributed by atoms with E-state index < -0.39 is 6.04 Å². The van der Waals surface area contributed by atoms with E-state index in [2.05, 4.69) is 33.7 Å². The minimum atomic E-state index is -0.529. The van der Waals surface area contributed by atoms with E-state index >= 15 is 0 Å². The van der Waals surface area contributed by atoms with Crippen molar-refractivity contribution in [1.29, 1.82) is 0 Å². The van der Waals surface area contributed by atoms with Crippen molar-refractivity contribution in [2.75, 3.05) is 5.32 Å². The van der Waals surface area contributed by atoms with E-state index in [1.165, 1.54) is 22.5 Å². The van der Waals surface area contributed by atoms with Gasteiger partial charge < -0.3 is 5.73 Å². The number of anilines is 1. The van der Waals surface area contributed by atoms with Crippen molar-refractivity contribution in [3.05, 3.63) is 29.3 Å². The highest BCUT2D eigenvalue weighted by Gasteiger charge is 2.20. The highest BCUT2D eigenvalue weighted by molar-refractivity contribution is 7.18.